The zero-order chi connectivity index (χ0) is 9.97. The van der Waals surface area contributed by atoms with E-state index in [4.69, 9.17) is 0 Å². The fraction of sp³-hybridized carbons (Fsp3) is 0.417. The maximum absolute atomic E-state index is 12.6. The molecule has 14 heavy (non-hydrogen) atoms. The van der Waals surface area contributed by atoms with E-state index >= 15 is 0 Å². The summed E-state index contributed by atoms with van der Waals surface area (Å²) in [5, 5.41) is 0. The number of hydrogen-bond acceptors (Lipinski definition) is 1. The third kappa shape index (κ3) is 2.00. The van der Waals surface area contributed by atoms with Crippen LogP contribution in [-0.4, -0.2) is 5.78 Å². The van der Waals surface area contributed by atoms with E-state index in [-0.39, 0.29) is 11.7 Å². The molecule has 1 fully saturated rings. The lowest BCUT2D eigenvalue weighted by molar-refractivity contribution is -0.120. The molecule has 0 heterocycles. The highest BCUT2D eigenvalue weighted by molar-refractivity contribution is 5.83. The molecule has 0 radical (unpaired) electrons. The average molecular weight is 192 g/mol. The normalized spacial score (nSPS) is 21.5. The Bertz CT molecular complexity index is 329. The molecule has 0 amide bonds. The van der Waals surface area contributed by atoms with Gasteiger partial charge in [0.25, 0.3) is 0 Å². The Balaban J connectivity index is 2.03. The Morgan fingerprint density at radius 1 is 1.29 bits per heavy atom. The van der Waals surface area contributed by atoms with Crippen LogP contribution in [0.2, 0.25) is 0 Å². The molecule has 2 rings (SSSR count). The number of ketones is 1. The van der Waals surface area contributed by atoms with Crippen molar-refractivity contribution in [2.24, 2.45) is 5.92 Å². The highest BCUT2D eigenvalue weighted by Crippen LogP contribution is 2.24. The number of carbonyl (C=O) groups is 1. The van der Waals surface area contributed by atoms with Crippen molar-refractivity contribution in [1.29, 1.82) is 0 Å². The molecule has 1 saturated carbocycles. The van der Waals surface area contributed by atoms with Crippen LogP contribution in [-0.2, 0) is 11.2 Å². The zero-order valence-corrected chi connectivity index (χ0v) is 8.00. The number of hydrogen-bond donors (Lipinski definition) is 0. The van der Waals surface area contributed by atoms with E-state index in [1.165, 1.54) is 12.1 Å². The summed E-state index contributed by atoms with van der Waals surface area (Å²) < 4.78 is 12.6. The van der Waals surface area contributed by atoms with Gasteiger partial charge in [0.15, 0.2) is 0 Å². The Kier molecular flexibility index (Phi) is 2.62. The van der Waals surface area contributed by atoms with Gasteiger partial charge in [0, 0.05) is 12.3 Å². The summed E-state index contributed by atoms with van der Waals surface area (Å²) in [5.74, 6) is 0.335. The molecule has 74 valence electrons. The van der Waals surface area contributed by atoms with Gasteiger partial charge in [0.05, 0.1) is 0 Å². The lowest BCUT2D eigenvalue weighted by Crippen LogP contribution is -2.09. The number of halogens is 1. The minimum Gasteiger partial charge on any atom is -0.299 e. The second-order valence-corrected chi connectivity index (χ2v) is 3.89. The van der Waals surface area contributed by atoms with E-state index in [1.54, 1.807) is 12.1 Å². The number of benzene rings is 1. The van der Waals surface area contributed by atoms with Gasteiger partial charge < -0.3 is 0 Å². The predicted molar refractivity (Wildman–Crippen MR) is 52.5 cm³/mol. The fourth-order valence-corrected chi connectivity index (χ4v) is 2.01. The monoisotopic (exact) mass is 192 g/mol. The van der Waals surface area contributed by atoms with Gasteiger partial charge in [0.1, 0.15) is 11.6 Å². The van der Waals surface area contributed by atoms with E-state index in [0.717, 1.165) is 31.2 Å². The predicted octanol–water partition coefficient (Wildman–Crippen LogP) is 2.74. The molecule has 1 aliphatic carbocycles. The van der Waals surface area contributed by atoms with E-state index in [1.807, 2.05) is 0 Å². The highest BCUT2D eigenvalue weighted by atomic mass is 19.1. The van der Waals surface area contributed by atoms with Crippen LogP contribution in [0.5, 0.6) is 0 Å². The molecule has 1 aromatic rings. The molecule has 0 aliphatic heterocycles. The first-order valence-corrected chi connectivity index (χ1v) is 5.03. The van der Waals surface area contributed by atoms with Crippen molar-refractivity contribution in [1.82, 2.24) is 0 Å². The maximum Gasteiger partial charge on any atom is 0.136 e. The number of Topliss-reactive ketones (excluding diaryl/α,β-unsaturated/α-hetero) is 1. The Labute approximate surface area is 82.9 Å². The van der Waals surface area contributed by atoms with Crippen molar-refractivity contribution in [3.63, 3.8) is 0 Å². The number of carbonyl (C=O) groups excluding carboxylic acids is 1. The third-order valence-electron chi connectivity index (χ3n) is 2.83. The van der Waals surface area contributed by atoms with Crippen molar-refractivity contribution in [3.05, 3.63) is 35.6 Å². The summed E-state index contributed by atoms with van der Waals surface area (Å²) in [6, 6.07) is 6.44. The molecule has 1 atom stereocenters. The molecular weight excluding hydrogens is 179 g/mol. The number of rotatable bonds is 2. The van der Waals surface area contributed by atoms with Gasteiger partial charge in [-0.2, -0.15) is 0 Å². The smallest absolute Gasteiger partial charge is 0.136 e. The van der Waals surface area contributed by atoms with Crippen LogP contribution in [0.25, 0.3) is 0 Å². The van der Waals surface area contributed by atoms with Gasteiger partial charge in [-0.3, -0.25) is 4.79 Å². The molecule has 1 unspecified atom stereocenters. The summed E-state index contributed by atoms with van der Waals surface area (Å²) >= 11 is 0. The topological polar surface area (TPSA) is 17.1 Å². The van der Waals surface area contributed by atoms with E-state index in [0.29, 0.717) is 5.78 Å². The summed E-state index contributed by atoms with van der Waals surface area (Å²) in [6.45, 7) is 0. The lowest BCUT2D eigenvalue weighted by Gasteiger charge is -2.07. The standard InChI is InChI=1S/C12H13FO/c13-11-6-4-9(5-7-11)8-10-2-1-3-12(10)14/h4-7,10H,1-3,8H2. The largest absolute Gasteiger partial charge is 0.299 e. The van der Waals surface area contributed by atoms with E-state index in [2.05, 4.69) is 0 Å². The van der Waals surface area contributed by atoms with Crippen LogP contribution < -0.4 is 0 Å². The highest BCUT2D eigenvalue weighted by Gasteiger charge is 2.24. The molecule has 1 aromatic carbocycles. The van der Waals surface area contributed by atoms with Crippen molar-refractivity contribution < 1.29 is 9.18 Å². The molecule has 1 nitrogen and oxygen atoms in total. The second kappa shape index (κ2) is 3.91. The minimum atomic E-state index is -0.216. The van der Waals surface area contributed by atoms with Crippen LogP contribution >= 0.6 is 0 Å². The van der Waals surface area contributed by atoms with E-state index < -0.39 is 0 Å². The molecule has 0 spiro atoms. The van der Waals surface area contributed by atoms with Gasteiger partial charge in [-0.05, 0) is 37.0 Å². The quantitative estimate of drug-likeness (QED) is 0.704. The van der Waals surface area contributed by atoms with Gasteiger partial charge in [0.2, 0.25) is 0 Å². The van der Waals surface area contributed by atoms with E-state index in [9.17, 15) is 9.18 Å². The first-order chi connectivity index (χ1) is 6.75. The van der Waals surface area contributed by atoms with Gasteiger partial charge in [-0.1, -0.05) is 12.1 Å². The molecule has 1 aliphatic rings. The molecule has 2 heteroatoms. The second-order valence-electron chi connectivity index (χ2n) is 3.89. The summed E-state index contributed by atoms with van der Waals surface area (Å²) in [5.41, 5.74) is 1.06. The SMILES string of the molecule is O=C1CCCC1Cc1ccc(F)cc1. The molecule has 0 saturated heterocycles. The first-order valence-electron chi connectivity index (χ1n) is 5.03. The zero-order valence-electron chi connectivity index (χ0n) is 8.00. The van der Waals surface area contributed by atoms with Gasteiger partial charge in [-0.15, -0.1) is 0 Å². The molecule has 0 aromatic heterocycles. The van der Waals surface area contributed by atoms with Crippen LogP contribution in [0.3, 0.4) is 0 Å². The molecule has 0 bridgehead atoms. The first kappa shape index (κ1) is 9.38. The van der Waals surface area contributed by atoms with Crippen LogP contribution in [0, 0.1) is 11.7 Å². The average Bonchev–Trinajstić information content (AvgIpc) is 2.56. The summed E-state index contributed by atoms with van der Waals surface area (Å²) in [6.07, 6.45) is 3.52. The molecule has 0 N–H and O–H groups in total. The van der Waals surface area contributed by atoms with Crippen molar-refractivity contribution in [2.45, 2.75) is 25.7 Å². The van der Waals surface area contributed by atoms with Gasteiger partial charge in [-0.25, -0.2) is 4.39 Å². The fourth-order valence-electron chi connectivity index (χ4n) is 2.01. The minimum absolute atomic E-state index is 0.181. The van der Waals surface area contributed by atoms with Crippen molar-refractivity contribution in [2.75, 3.05) is 0 Å². The third-order valence-corrected chi connectivity index (χ3v) is 2.83. The van der Waals surface area contributed by atoms with Crippen LogP contribution in [0.4, 0.5) is 4.39 Å². The molecular formula is C12H13FO. The van der Waals surface area contributed by atoms with Crippen molar-refractivity contribution in [3.8, 4) is 0 Å². The van der Waals surface area contributed by atoms with Crippen LogP contribution in [0.15, 0.2) is 24.3 Å². The summed E-state index contributed by atoms with van der Waals surface area (Å²) in [7, 11) is 0. The maximum atomic E-state index is 12.6. The van der Waals surface area contributed by atoms with Crippen molar-refractivity contribution >= 4 is 5.78 Å². The lowest BCUT2D eigenvalue weighted by atomic mass is 9.97. The van der Waals surface area contributed by atoms with Gasteiger partial charge >= 0.3 is 0 Å². The summed E-state index contributed by atoms with van der Waals surface area (Å²) in [4.78, 5) is 11.4. The Morgan fingerprint density at radius 3 is 2.57 bits per heavy atom. The Hall–Kier alpha value is -1.18. The van der Waals surface area contributed by atoms with Crippen LogP contribution in [0.1, 0.15) is 24.8 Å². The Morgan fingerprint density at radius 2 is 2.00 bits per heavy atom.